The highest BCUT2D eigenvalue weighted by atomic mass is 16.1. The van der Waals surface area contributed by atoms with Gasteiger partial charge in [0.2, 0.25) is 0 Å². The van der Waals surface area contributed by atoms with Gasteiger partial charge in [0.1, 0.15) is 0 Å². The van der Waals surface area contributed by atoms with Crippen LogP contribution in [0.2, 0.25) is 0 Å². The van der Waals surface area contributed by atoms with Crippen molar-refractivity contribution in [2.24, 2.45) is 5.92 Å². The summed E-state index contributed by atoms with van der Waals surface area (Å²) in [5.41, 5.74) is 4.59. The van der Waals surface area contributed by atoms with Crippen molar-refractivity contribution in [1.82, 2.24) is 24.6 Å². The lowest BCUT2D eigenvalue weighted by Gasteiger charge is -2.13. The molecule has 0 unspecified atom stereocenters. The molecule has 0 spiro atoms. The van der Waals surface area contributed by atoms with Crippen LogP contribution in [0.5, 0.6) is 0 Å². The topological polar surface area (TPSA) is 74.6 Å². The molecule has 1 fully saturated rings. The Hall–Kier alpha value is -2.93. The van der Waals surface area contributed by atoms with Gasteiger partial charge in [0.25, 0.3) is 5.91 Å². The van der Waals surface area contributed by atoms with Crippen LogP contribution >= 0.6 is 0 Å². The highest BCUT2D eigenvalue weighted by molar-refractivity contribution is 5.95. The van der Waals surface area contributed by atoms with E-state index in [1.165, 1.54) is 0 Å². The van der Waals surface area contributed by atoms with E-state index in [1.54, 1.807) is 0 Å². The minimum Gasteiger partial charge on any atom is -0.367 e. The molecule has 2 N–H and O–H groups in total. The second-order valence-electron chi connectivity index (χ2n) is 9.42. The van der Waals surface area contributed by atoms with Crippen LogP contribution in [0.25, 0.3) is 16.9 Å². The van der Waals surface area contributed by atoms with Gasteiger partial charge in [-0.05, 0) is 64.4 Å². The first-order valence-corrected chi connectivity index (χ1v) is 11.6. The van der Waals surface area contributed by atoms with Crippen LogP contribution < -0.4 is 10.6 Å². The molecule has 3 aromatic rings. The van der Waals surface area contributed by atoms with E-state index in [0.717, 1.165) is 67.2 Å². The molecule has 0 radical (unpaired) electrons. The fourth-order valence-electron chi connectivity index (χ4n) is 3.66. The average molecular weight is 435 g/mol. The predicted molar refractivity (Wildman–Crippen MR) is 129 cm³/mol. The van der Waals surface area contributed by atoms with Crippen molar-refractivity contribution in [1.29, 1.82) is 0 Å². The first kappa shape index (κ1) is 22.3. The minimum atomic E-state index is 0.00439. The van der Waals surface area contributed by atoms with E-state index in [1.807, 2.05) is 30.5 Å². The fourth-order valence-corrected chi connectivity index (χ4v) is 3.66. The number of imidazole rings is 1. The van der Waals surface area contributed by atoms with Crippen molar-refractivity contribution < 1.29 is 4.79 Å². The SMILES string of the molecule is CC(C)CNc1nc(CCCN(C)C)cn2c(-c3ccc(C(=O)NC4CC4)cc3)cnc12. The number of benzene rings is 1. The lowest BCUT2D eigenvalue weighted by molar-refractivity contribution is 0.0951. The monoisotopic (exact) mass is 434 g/mol. The highest BCUT2D eigenvalue weighted by Gasteiger charge is 2.23. The quantitative estimate of drug-likeness (QED) is 0.507. The van der Waals surface area contributed by atoms with Crippen molar-refractivity contribution in [2.45, 2.75) is 45.6 Å². The molecule has 0 saturated heterocycles. The van der Waals surface area contributed by atoms with Gasteiger partial charge in [-0.3, -0.25) is 9.20 Å². The van der Waals surface area contributed by atoms with E-state index in [9.17, 15) is 4.79 Å². The van der Waals surface area contributed by atoms with Crippen molar-refractivity contribution in [3.05, 3.63) is 47.9 Å². The number of fused-ring (bicyclic) bond motifs is 1. The zero-order valence-corrected chi connectivity index (χ0v) is 19.6. The Bertz CT molecular complexity index is 1070. The normalized spacial score (nSPS) is 13.8. The molecule has 2 heterocycles. The molecule has 0 atom stereocenters. The third kappa shape index (κ3) is 5.46. The number of nitrogens with zero attached hydrogens (tertiary/aromatic N) is 4. The van der Waals surface area contributed by atoms with Gasteiger partial charge >= 0.3 is 0 Å². The molecule has 1 aromatic carbocycles. The molecule has 1 saturated carbocycles. The summed E-state index contributed by atoms with van der Waals surface area (Å²) in [6.45, 7) is 6.23. The first-order chi connectivity index (χ1) is 15.4. The Morgan fingerprint density at radius 2 is 1.97 bits per heavy atom. The third-order valence-corrected chi connectivity index (χ3v) is 5.61. The van der Waals surface area contributed by atoms with Gasteiger partial charge in [-0.2, -0.15) is 0 Å². The highest BCUT2D eigenvalue weighted by Crippen LogP contribution is 2.26. The van der Waals surface area contributed by atoms with Crippen LogP contribution in [0.15, 0.2) is 36.7 Å². The van der Waals surface area contributed by atoms with E-state index >= 15 is 0 Å². The first-order valence-electron chi connectivity index (χ1n) is 11.6. The van der Waals surface area contributed by atoms with E-state index in [-0.39, 0.29) is 5.91 Å². The summed E-state index contributed by atoms with van der Waals surface area (Å²) >= 11 is 0. The number of aryl methyl sites for hydroxylation is 1. The summed E-state index contributed by atoms with van der Waals surface area (Å²) in [5.74, 6) is 1.34. The summed E-state index contributed by atoms with van der Waals surface area (Å²) < 4.78 is 2.12. The summed E-state index contributed by atoms with van der Waals surface area (Å²) in [6, 6.07) is 8.14. The standard InChI is InChI=1S/C25H34N6O/c1-17(2)14-26-23-24-27-15-22(31(24)16-21(28-23)6-5-13-30(3)4)18-7-9-19(10-8-18)25(32)29-20-11-12-20/h7-10,15-17,20H,5-6,11-14H2,1-4H3,(H,26,28)(H,29,32). The maximum atomic E-state index is 12.3. The van der Waals surface area contributed by atoms with Crippen LogP contribution in [0.1, 0.15) is 49.2 Å². The molecule has 170 valence electrons. The smallest absolute Gasteiger partial charge is 0.251 e. The summed E-state index contributed by atoms with van der Waals surface area (Å²) in [7, 11) is 4.18. The zero-order chi connectivity index (χ0) is 22.7. The number of carbonyl (C=O) groups is 1. The molecule has 2 aromatic heterocycles. The zero-order valence-electron chi connectivity index (χ0n) is 19.6. The van der Waals surface area contributed by atoms with Crippen molar-refractivity contribution >= 4 is 17.4 Å². The summed E-state index contributed by atoms with van der Waals surface area (Å²) in [5, 5.41) is 6.52. The molecule has 0 aliphatic heterocycles. The molecule has 1 aliphatic rings. The minimum absolute atomic E-state index is 0.00439. The third-order valence-electron chi connectivity index (χ3n) is 5.61. The molecule has 7 heteroatoms. The van der Waals surface area contributed by atoms with Crippen LogP contribution in [-0.2, 0) is 6.42 Å². The van der Waals surface area contributed by atoms with Gasteiger partial charge in [0.15, 0.2) is 11.5 Å². The van der Waals surface area contributed by atoms with Gasteiger partial charge in [-0.1, -0.05) is 26.0 Å². The Labute approximate surface area is 190 Å². The maximum Gasteiger partial charge on any atom is 0.251 e. The largest absolute Gasteiger partial charge is 0.367 e. The number of carbonyl (C=O) groups excluding carboxylic acids is 1. The molecular weight excluding hydrogens is 400 g/mol. The average Bonchev–Trinajstić information content (AvgIpc) is 3.47. The summed E-state index contributed by atoms with van der Waals surface area (Å²) in [4.78, 5) is 24.1. The number of anilines is 1. The van der Waals surface area contributed by atoms with Crippen LogP contribution in [0, 0.1) is 5.92 Å². The number of nitrogens with one attached hydrogen (secondary N) is 2. The Balaban J connectivity index is 1.63. The number of aromatic nitrogens is 3. The van der Waals surface area contributed by atoms with Gasteiger partial charge in [0.05, 0.1) is 17.6 Å². The van der Waals surface area contributed by atoms with Gasteiger partial charge in [0, 0.05) is 29.9 Å². The molecule has 4 rings (SSSR count). The van der Waals surface area contributed by atoms with E-state index in [0.29, 0.717) is 17.5 Å². The van der Waals surface area contributed by atoms with Gasteiger partial charge in [-0.25, -0.2) is 9.97 Å². The van der Waals surface area contributed by atoms with E-state index in [2.05, 4.69) is 59.1 Å². The Morgan fingerprint density at radius 3 is 2.62 bits per heavy atom. The number of rotatable bonds is 10. The summed E-state index contributed by atoms with van der Waals surface area (Å²) in [6.07, 6.45) is 8.11. The number of hydrogen-bond acceptors (Lipinski definition) is 5. The molecule has 7 nitrogen and oxygen atoms in total. The van der Waals surface area contributed by atoms with Crippen LogP contribution in [0.4, 0.5) is 5.82 Å². The van der Waals surface area contributed by atoms with Crippen molar-refractivity contribution in [3.8, 4) is 11.3 Å². The van der Waals surface area contributed by atoms with E-state index < -0.39 is 0 Å². The fraction of sp³-hybridized carbons (Fsp3) is 0.480. The van der Waals surface area contributed by atoms with Gasteiger partial charge < -0.3 is 15.5 Å². The number of amides is 1. The predicted octanol–water partition coefficient (Wildman–Crippen LogP) is 3.85. The molecule has 32 heavy (non-hydrogen) atoms. The van der Waals surface area contributed by atoms with Crippen LogP contribution in [-0.4, -0.2) is 58.4 Å². The van der Waals surface area contributed by atoms with Crippen LogP contribution in [0.3, 0.4) is 0 Å². The second-order valence-corrected chi connectivity index (χ2v) is 9.42. The maximum absolute atomic E-state index is 12.3. The Kier molecular flexibility index (Phi) is 6.74. The number of hydrogen-bond donors (Lipinski definition) is 2. The molecular formula is C25H34N6O. The molecule has 0 bridgehead atoms. The van der Waals surface area contributed by atoms with Crippen molar-refractivity contribution in [2.75, 3.05) is 32.5 Å². The lowest BCUT2D eigenvalue weighted by Crippen LogP contribution is -2.25. The molecule has 1 aliphatic carbocycles. The second kappa shape index (κ2) is 9.69. The van der Waals surface area contributed by atoms with Crippen molar-refractivity contribution in [3.63, 3.8) is 0 Å². The lowest BCUT2D eigenvalue weighted by atomic mass is 10.1. The van der Waals surface area contributed by atoms with E-state index in [4.69, 9.17) is 4.98 Å². The van der Waals surface area contributed by atoms with Gasteiger partial charge in [-0.15, -0.1) is 0 Å². The molecule has 1 amide bonds. The Morgan fingerprint density at radius 1 is 1.22 bits per heavy atom.